The zero-order valence-corrected chi connectivity index (χ0v) is 11.7. The van der Waals surface area contributed by atoms with Gasteiger partial charge in [0.25, 0.3) is 0 Å². The van der Waals surface area contributed by atoms with Crippen LogP contribution in [0.4, 0.5) is 5.82 Å². The molecule has 102 valence electrons. The second kappa shape index (κ2) is 5.28. The quantitative estimate of drug-likeness (QED) is 0.789. The third-order valence-electron chi connectivity index (χ3n) is 3.38. The summed E-state index contributed by atoms with van der Waals surface area (Å²) < 4.78 is 1.74. The van der Waals surface area contributed by atoms with Crippen molar-refractivity contribution in [1.82, 2.24) is 19.8 Å². The number of aryl methyl sites for hydroxylation is 2. The summed E-state index contributed by atoms with van der Waals surface area (Å²) in [5.41, 5.74) is 3.43. The van der Waals surface area contributed by atoms with E-state index in [1.807, 2.05) is 19.1 Å². The van der Waals surface area contributed by atoms with Gasteiger partial charge in [0.15, 0.2) is 11.5 Å². The fraction of sp³-hybridized carbons (Fsp3) is 0.267. The molecule has 2 heterocycles. The van der Waals surface area contributed by atoms with Gasteiger partial charge in [-0.15, -0.1) is 15.3 Å². The zero-order chi connectivity index (χ0) is 13.9. The molecule has 0 bridgehead atoms. The number of nitrogens with one attached hydrogen (secondary N) is 1. The molecule has 0 atom stereocenters. The van der Waals surface area contributed by atoms with Gasteiger partial charge < -0.3 is 5.32 Å². The smallest absolute Gasteiger partial charge is 0.178 e. The van der Waals surface area contributed by atoms with E-state index in [0.29, 0.717) is 0 Å². The monoisotopic (exact) mass is 267 g/mol. The third-order valence-corrected chi connectivity index (χ3v) is 3.38. The van der Waals surface area contributed by atoms with E-state index in [1.165, 1.54) is 11.1 Å². The molecule has 0 saturated carbocycles. The summed E-state index contributed by atoms with van der Waals surface area (Å²) in [5.74, 6) is 1.61. The largest absolute Gasteiger partial charge is 0.365 e. The number of aromatic nitrogens is 4. The molecule has 5 nitrogen and oxygen atoms in total. The first kappa shape index (κ1) is 12.6. The molecular formula is C15H17N5. The summed E-state index contributed by atoms with van der Waals surface area (Å²) >= 11 is 0. The Morgan fingerprint density at radius 2 is 1.85 bits per heavy atom. The van der Waals surface area contributed by atoms with Crippen LogP contribution in [0, 0.1) is 6.92 Å². The van der Waals surface area contributed by atoms with E-state index in [-0.39, 0.29) is 0 Å². The van der Waals surface area contributed by atoms with Gasteiger partial charge in [0.1, 0.15) is 5.82 Å². The second-order valence-corrected chi connectivity index (χ2v) is 4.71. The van der Waals surface area contributed by atoms with Crippen LogP contribution in [-0.4, -0.2) is 19.8 Å². The molecule has 0 saturated heterocycles. The number of benzene rings is 1. The summed E-state index contributed by atoms with van der Waals surface area (Å²) in [6.45, 7) is 4.83. The third kappa shape index (κ3) is 2.34. The molecule has 0 aliphatic rings. The van der Waals surface area contributed by atoms with Crippen molar-refractivity contribution >= 4 is 11.5 Å². The normalized spacial score (nSPS) is 10.9. The maximum atomic E-state index is 4.49. The molecule has 0 radical (unpaired) electrons. The van der Waals surface area contributed by atoms with Crippen molar-refractivity contribution in [2.45, 2.75) is 26.8 Å². The van der Waals surface area contributed by atoms with Gasteiger partial charge in [-0.1, -0.05) is 31.2 Å². The highest BCUT2D eigenvalue weighted by Gasteiger charge is 2.04. The Labute approximate surface area is 117 Å². The first-order valence-corrected chi connectivity index (χ1v) is 6.77. The molecule has 1 N–H and O–H groups in total. The molecule has 0 aliphatic carbocycles. The Morgan fingerprint density at radius 3 is 2.65 bits per heavy atom. The van der Waals surface area contributed by atoms with Crippen molar-refractivity contribution < 1.29 is 0 Å². The molecule has 3 aromatic rings. The molecule has 0 fully saturated rings. The lowest BCUT2D eigenvalue weighted by molar-refractivity contribution is 0.870. The number of hydrogen-bond acceptors (Lipinski definition) is 4. The number of anilines is 1. The minimum Gasteiger partial charge on any atom is -0.365 e. The number of rotatable bonds is 4. The van der Waals surface area contributed by atoms with Crippen molar-refractivity contribution in [2.75, 3.05) is 5.32 Å². The maximum Gasteiger partial charge on any atom is 0.178 e. The van der Waals surface area contributed by atoms with E-state index >= 15 is 0 Å². The molecule has 20 heavy (non-hydrogen) atoms. The lowest BCUT2D eigenvalue weighted by atomic mass is 10.1. The second-order valence-electron chi connectivity index (χ2n) is 4.71. The van der Waals surface area contributed by atoms with Crippen molar-refractivity contribution in [3.63, 3.8) is 0 Å². The minimum atomic E-state index is 0.766. The van der Waals surface area contributed by atoms with Crippen molar-refractivity contribution in [2.24, 2.45) is 0 Å². The molecule has 0 amide bonds. The van der Waals surface area contributed by atoms with E-state index in [4.69, 9.17) is 0 Å². The average molecular weight is 267 g/mol. The van der Waals surface area contributed by atoms with Gasteiger partial charge in [-0.05, 0) is 36.6 Å². The van der Waals surface area contributed by atoms with Crippen LogP contribution in [-0.2, 0) is 13.0 Å². The van der Waals surface area contributed by atoms with Crippen LogP contribution < -0.4 is 5.32 Å². The Balaban J connectivity index is 1.81. The highest BCUT2D eigenvalue weighted by atomic mass is 15.4. The molecular weight excluding hydrogens is 250 g/mol. The summed E-state index contributed by atoms with van der Waals surface area (Å²) in [6.07, 6.45) is 1.04. The Kier molecular flexibility index (Phi) is 3.33. The fourth-order valence-electron chi connectivity index (χ4n) is 2.25. The SMILES string of the molecule is CCc1ccccc1CNc1ccc2nnc(C)n2n1. The number of fused-ring (bicyclic) bond motifs is 1. The fourth-order valence-corrected chi connectivity index (χ4v) is 2.25. The Bertz CT molecular complexity index is 732. The van der Waals surface area contributed by atoms with Crippen LogP contribution >= 0.6 is 0 Å². The number of nitrogens with zero attached hydrogens (tertiary/aromatic N) is 4. The minimum absolute atomic E-state index is 0.766. The van der Waals surface area contributed by atoms with Crippen molar-refractivity contribution in [3.8, 4) is 0 Å². The average Bonchev–Trinajstić information content (AvgIpc) is 2.86. The van der Waals surface area contributed by atoms with Gasteiger partial charge in [0.2, 0.25) is 0 Å². The van der Waals surface area contributed by atoms with Gasteiger partial charge in [-0.25, -0.2) is 0 Å². The van der Waals surface area contributed by atoms with Gasteiger partial charge in [0, 0.05) is 6.54 Å². The first-order valence-electron chi connectivity index (χ1n) is 6.77. The summed E-state index contributed by atoms with van der Waals surface area (Å²) in [4.78, 5) is 0. The van der Waals surface area contributed by atoms with Gasteiger partial charge in [0.05, 0.1) is 0 Å². The van der Waals surface area contributed by atoms with Crippen LogP contribution in [0.5, 0.6) is 0 Å². The summed E-state index contributed by atoms with van der Waals surface area (Å²) in [6, 6.07) is 12.3. The van der Waals surface area contributed by atoms with Crippen LogP contribution in [0.25, 0.3) is 5.65 Å². The molecule has 2 aromatic heterocycles. The maximum absolute atomic E-state index is 4.49. The number of hydrogen-bond donors (Lipinski definition) is 1. The Morgan fingerprint density at radius 1 is 1.05 bits per heavy atom. The molecule has 0 spiro atoms. The molecule has 3 rings (SSSR count). The lowest BCUT2D eigenvalue weighted by Crippen LogP contribution is -2.06. The summed E-state index contributed by atoms with van der Waals surface area (Å²) in [5, 5.41) is 15.9. The van der Waals surface area contributed by atoms with Gasteiger partial charge in [-0.3, -0.25) is 0 Å². The highest BCUT2D eigenvalue weighted by molar-refractivity contribution is 5.44. The lowest BCUT2D eigenvalue weighted by Gasteiger charge is -2.09. The van der Waals surface area contributed by atoms with E-state index < -0.39 is 0 Å². The standard InChI is InChI=1S/C15H17N5/c1-3-12-6-4-5-7-13(12)10-16-14-8-9-15-18-17-11(2)20(15)19-14/h4-9H,3,10H2,1-2H3,(H,16,19). The van der Waals surface area contributed by atoms with Gasteiger partial charge >= 0.3 is 0 Å². The zero-order valence-electron chi connectivity index (χ0n) is 11.7. The first-order chi connectivity index (χ1) is 9.78. The van der Waals surface area contributed by atoms with Crippen molar-refractivity contribution in [1.29, 1.82) is 0 Å². The molecule has 1 aromatic carbocycles. The van der Waals surface area contributed by atoms with Crippen LogP contribution in [0.15, 0.2) is 36.4 Å². The van der Waals surface area contributed by atoms with Crippen LogP contribution in [0.2, 0.25) is 0 Å². The molecule has 0 unspecified atom stereocenters. The van der Waals surface area contributed by atoms with Crippen molar-refractivity contribution in [3.05, 3.63) is 53.3 Å². The Hall–Kier alpha value is -2.43. The van der Waals surface area contributed by atoms with Gasteiger partial charge in [-0.2, -0.15) is 4.52 Å². The predicted molar refractivity (Wildman–Crippen MR) is 78.7 cm³/mol. The predicted octanol–water partition coefficient (Wildman–Crippen LogP) is 2.61. The topological polar surface area (TPSA) is 55.1 Å². The van der Waals surface area contributed by atoms with E-state index in [0.717, 1.165) is 30.3 Å². The molecule has 0 aliphatic heterocycles. The van der Waals surface area contributed by atoms with E-state index in [1.54, 1.807) is 4.52 Å². The van der Waals surface area contributed by atoms with E-state index in [9.17, 15) is 0 Å². The van der Waals surface area contributed by atoms with Crippen LogP contribution in [0.1, 0.15) is 23.9 Å². The summed E-state index contributed by atoms with van der Waals surface area (Å²) in [7, 11) is 0. The van der Waals surface area contributed by atoms with Crippen LogP contribution in [0.3, 0.4) is 0 Å². The molecule has 5 heteroatoms. The highest BCUT2D eigenvalue weighted by Crippen LogP contribution is 2.12. The van der Waals surface area contributed by atoms with E-state index in [2.05, 4.69) is 51.8 Å².